The molecule has 0 amide bonds. The number of aliphatic hydroxyl groups excluding tert-OH is 6. The molecule has 3 aromatic carbocycles. The molecule has 346 valence electrons. The van der Waals surface area contributed by atoms with Crippen molar-refractivity contribution in [2.75, 3.05) is 0 Å². The smallest absolute Gasteiger partial charge is 0.340 e. The van der Waals surface area contributed by atoms with E-state index in [0.717, 1.165) is 0 Å². The van der Waals surface area contributed by atoms with Gasteiger partial charge in [0.1, 0.15) is 29.8 Å². The molecule has 8 rings (SSSR count). The molecule has 15 N–H and O–H groups in total. The van der Waals surface area contributed by atoms with Crippen molar-refractivity contribution in [1.29, 1.82) is 0 Å². The Morgan fingerprint density at radius 2 is 1.14 bits per heavy atom. The van der Waals surface area contributed by atoms with Crippen LogP contribution in [-0.2, 0) is 33.3 Å². The molecule has 2 aliphatic carbocycles. The van der Waals surface area contributed by atoms with E-state index >= 15 is 0 Å². The van der Waals surface area contributed by atoms with Crippen molar-refractivity contribution in [3.63, 3.8) is 0 Å². The van der Waals surface area contributed by atoms with Crippen LogP contribution in [0.15, 0.2) is 70.1 Å². The number of allylic oxidation sites excluding steroid dienone is 1. The third-order valence-corrected chi connectivity index (χ3v) is 11.3. The summed E-state index contributed by atoms with van der Waals surface area (Å²) < 4.78 is 28.6. The molecular formula is C41H32O25. The molecule has 3 aromatic rings. The van der Waals surface area contributed by atoms with Crippen LogP contribution < -0.4 is 0 Å². The summed E-state index contributed by atoms with van der Waals surface area (Å²) in [5.41, 5.74) is -7.32. The lowest BCUT2D eigenvalue weighted by Crippen LogP contribution is -2.63. The zero-order chi connectivity index (χ0) is 48.1. The van der Waals surface area contributed by atoms with Crippen LogP contribution >= 0.6 is 0 Å². The number of rotatable bonds is 2. The predicted octanol–water partition coefficient (Wildman–Crippen LogP) is 0.868. The number of phenols is 9. The van der Waals surface area contributed by atoms with Crippen molar-refractivity contribution in [2.24, 2.45) is 5.92 Å². The second-order valence-corrected chi connectivity index (χ2v) is 15.2. The Balaban J connectivity index is 1.36. The summed E-state index contributed by atoms with van der Waals surface area (Å²) >= 11 is 0. The first-order valence-electron chi connectivity index (χ1n) is 18.9. The lowest BCUT2D eigenvalue weighted by molar-refractivity contribution is -0.286. The summed E-state index contributed by atoms with van der Waals surface area (Å²) in [5, 5.41) is 159. The monoisotopic (exact) mass is 924 g/mol. The maximum absolute atomic E-state index is 14.5. The van der Waals surface area contributed by atoms with Crippen LogP contribution in [0.4, 0.5) is 0 Å². The van der Waals surface area contributed by atoms with E-state index in [1.807, 2.05) is 0 Å². The highest BCUT2D eigenvalue weighted by Gasteiger charge is 2.57. The van der Waals surface area contributed by atoms with Crippen molar-refractivity contribution in [3.05, 3.63) is 86.8 Å². The molecule has 5 aliphatic rings. The molecule has 1 saturated heterocycles. The summed E-state index contributed by atoms with van der Waals surface area (Å²) in [7, 11) is 0. The Labute approximate surface area is 364 Å². The highest BCUT2D eigenvalue weighted by Crippen LogP contribution is 2.54. The van der Waals surface area contributed by atoms with Crippen LogP contribution in [0.1, 0.15) is 43.9 Å². The Morgan fingerprint density at radius 1 is 0.576 bits per heavy atom. The minimum absolute atomic E-state index is 0.451. The van der Waals surface area contributed by atoms with E-state index in [9.17, 15) is 101 Å². The van der Waals surface area contributed by atoms with Gasteiger partial charge in [0.05, 0.1) is 22.6 Å². The van der Waals surface area contributed by atoms with Crippen LogP contribution in [0.25, 0.3) is 11.1 Å². The van der Waals surface area contributed by atoms with Crippen molar-refractivity contribution in [1.82, 2.24) is 0 Å². The van der Waals surface area contributed by atoms with E-state index in [1.165, 1.54) is 0 Å². The van der Waals surface area contributed by atoms with Gasteiger partial charge in [0.15, 0.2) is 69.8 Å². The minimum atomic E-state index is -2.50. The van der Waals surface area contributed by atoms with Gasteiger partial charge in [-0.2, -0.15) is 0 Å². The average Bonchev–Trinajstić information content (AvgIpc) is 3.26. The SMILES string of the molecule is O=C1O[C@H]2[C@@H]3OC(=O)c4cc(O)c(O)c(O)c4-c4c(cc(O)c(O)c4O)C(=O)C[C@H]3OC(OC(=O)c3cc(O)c(O)c(O)c3)[C@@H]2OC(=O)C2CC(O)=C(O)C(O)=C2C2=C1C=C(O)C(O)C2O. The van der Waals surface area contributed by atoms with Gasteiger partial charge in [-0.3, -0.25) is 9.59 Å². The zero-order valence-electron chi connectivity index (χ0n) is 32.7. The number of aromatic hydroxyl groups is 9. The minimum Gasteiger partial charge on any atom is -0.509 e. The Hall–Kier alpha value is -8.55. The Bertz CT molecular complexity index is 2830. The van der Waals surface area contributed by atoms with E-state index in [0.29, 0.717) is 30.3 Å². The molecule has 0 aromatic heterocycles. The molecule has 0 saturated carbocycles. The number of Topliss-reactive ketones (excluding diaryl/α,β-unsaturated/α-hetero) is 1. The first kappa shape index (κ1) is 44.1. The van der Waals surface area contributed by atoms with Crippen molar-refractivity contribution >= 4 is 29.7 Å². The Kier molecular flexibility index (Phi) is 10.4. The molecule has 4 unspecified atom stereocenters. The molecule has 0 bridgehead atoms. The van der Waals surface area contributed by atoms with Crippen molar-refractivity contribution in [2.45, 2.75) is 55.8 Å². The molecule has 8 atom stereocenters. The standard InChI is InChI=1S/C41H32O25/c42-13-7-20-34(63-38(59)10-4-17(46)27(51)31(55)22(10)21-9(13)3-16(45)26(50)30(21)54)35-36(41(62-20)66-37(58)8-1-14(43)25(49)15(44)2-8)65-40(61)12-6-19(48)29(53)33(57)24(12)23-11(39(60)64-35)5-18(47)28(52)32(23)56/h1-5,12,20,28,32,34-36,41,43-57H,6-7H2/t12?,20-,28?,32?,34-,35+,36-,41?/m1/s1. The average molecular weight is 925 g/mol. The number of ether oxygens (including phenoxy) is 5. The lowest BCUT2D eigenvalue weighted by atomic mass is 9.76. The number of esters is 4. The predicted molar refractivity (Wildman–Crippen MR) is 205 cm³/mol. The summed E-state index contributed by atoms with van der Waals surface area (Å²) in [4.78, 5) is 71.3. The van der Waals surface area contributed by atoms with E-state index in [-0.39, 0.29) is 0 Å². The first-order valence-corrected chi connectivity index (χ1v) is 18.9. The molecule has 3 heterocycles. The maximum Gasteiger partial charge on any atom is 0.340 e. The number of hydrogen-bond acceptors (Lipinski definition) is 25. The van der Waals surface area contributed by atoms with Crippen molar-refractivity contribution < 1.29 is 124 Å². The molecule has 1 fully saturated rings. The lowest BCUT2D eigenvalue weighted by Gasteiger charge is -2.45. The molecule has 66 heavy (non-hydrogen) atoms. The highest BCUT2D eigenvalue weighted by molar-refractivity contribution is 6.11. The highest BCUT2D eigenvalue weighted by atomic mass is 16.7. The van der Waals surface area contributed by atoms with Gasteiger partial charge in [0.25, 0.3) is 0 Å². The number of ketones is 1. The van der Waals surface area contributed by atoms with Gasteiger partial charge in [-0.25, -0.2) is 14.4 Å². The number of carbonyl (C=O) groups excluding carboxylic acids is 5. The zero-order valence-corrected chi connectivity index (χ0v) is 32.7. The largest absolute Gasteiger partial charge is 0.509 e. The quantitative estimate of drug-likeness (QED) is 0.0963. The van der Waals surface area contributed by atoms with Crippen LogP contribution in [0, 0.1) is 5.92 Å². The summed E-state index contributed by atoms with van der Waals surface area (Å²) in [6.45, 7) is 0. The van der Waals surface area contributed by atoms with E-state index < -0.39 is 211 Å². The van der Waals surface area contributed by atoms with E-state index in [2.05, 4.69) is 0 Å². The maximum atomic E-state index is 14.5. The van der Waals surface area contributed by atoms with Crippen molar-refractivity contribution in [3.8, 4) is 62.9 Å². The van der Waals surface area contributed by atoms with Crippen LogP contribution in [-0.4, -0.2) is 149 Å². The number of hydrogen-bond donors (Lipinski definition) is 15. The fraction of sp³-hybridized carbons (Fsp3) is 0.244. The third kappa shape index (κ3) is 6.80. The molecule has 0 spiro atoms. The Morgan fingerprint density at radius 3 is 1.76 bits per heavy atom. The van der Waals surface area contributed by atoms with E-state index in [4.69, 9.17) is 23.7 Å². The molecular weight excluding hydrogens is 892 g/mol. The normalized spacial score (nSPS) is 26.5. The van der Waals surface area contributed by atoms with Gasteiger partial charge >= 0.3 is 23.9 Å². The summed E-state index contributed by atoms with van der Waals surface area (Å²) in [5.74, 6) is -25.9. The van der Waals surface area contributed by atoms with Gasteiger partial charge in [-0.1, -0.05) is 0 Å². The first-order chi connectivity index (χ1) is 31.0. The number of aliphatic hydroxyl groups is 6. The van der Waals surface area contributed by atoms with Gasteiger partial charge in [-0.15, -0.1) is 0 Å². The topological polar surface area (TPSA) is 435 Å². The number of phenolic OH excluding ortho intramolecular Hbond substituents is 9. The van der Waals surface area contributed by atoms with Crippen LogP contribution in [0.2, 0.25) is 0 Å². The molecule has 0 radical (unpaired) electrons. The van der Waals surface area contributed by atoms with Gasteiger partial charge in [0.2, 0.25) is 23.9 Å². The number of fused-ring (bicyclic) bond motifs is 8. The summed E-state index contributed by atoms with van der Waals surface area (Å²) in [6, 6.07) is 2.16. The molecule has 25 nitrogen and oxygen atoms in total. The second-order valence-electron chi connectivity index (χ2n) is 15.2. The van der Waals surface area contributed by atoms with Gasteiger partial charge in [-0.05, 0) is 30.3 Å². The number of benzene rings is 3. The van der Waals surface area contributed by atoms with Crippen LogP contribution in [0.5, 0.6) is 51.7 Å². The fourth-order valence-corrected chi connectivity index (χ4v) is 8.10. The van der Waals surface area contributed by atoms with Gasteiger partial charge < -0.3 is 100 Å². The van der Waals surface area contributed by atoms with Crippen LogP contribution in [0.3, 0.4) is 0 Å². The molecule has 25 heteroatoms. The third-order valence-electron chi connectivity index (χ3n) is 11.3. The second kappa shape index (κ2) is 15.6. The summed E-state index contributed by atoms with van der Waals surface area (Å²) in [6.07, 6.45) is -18.2. The fourth-order valence-electron chi connectivity index (χ4n) is 8.10. The van der Waals surface area contributed by atoms with Gasteiger partial charge in [0, 0.05) is 40.7 Å². The molecule has 3 aliphatic heterocycles. The number of carbonyl (C=O) groups is 5. The van der Waals surface area contributed by atoms with E-state index in [1.54, 1.807) is 0 Å².